The lowest BCUT2D eigenvalue weighted by molar-refractivity contribution is 0.0804. The summed E-state index contributed by atoms with van der Waals surface area (Å²) in [6.07, 6.45) is 0.580. The summed E-state index contributed by atoms with van der Waals surface area (Å²) >= 11 is 0. The Balaban J connectivity index is 2.89. The molecule has 4 N–H and O–H groups in total. The second kappa shape index (κ2) is 4.06. The third kappa shape index (κ3) is 2.30. The monoisotopic (exact) mass is 184 g/mol. The van der Waals surface area contributed by atoms with Crippen LogP contribution in [-0.4, -0.2) is 27.5 Å². The lowest BCUT2D eigenvalue weighted by Crippen LogP contribution is -2.29. The van der Waals surface area contributed by atoms with Crippen molar-refractivity contribution in [3.05, 3.63) is 28.7 Å². The van der Waals surface area contributed by atoms with Crippen LogP contribution >= 0.6 is 0 Å². The fraction of sp³-hybridized carbons (Fsp3) is 0.375. The van der Waals surface area contributed by atoms with Crippen LogP contribution in [0.2, 0.25) is 0 Å². The first-order chi connectivity index (χ1) is 6.15. The molecule has 0 amide bonds. The molecule has 13 heavy (non-hydrogen) atoms. The summed E-state index contributed by atoms with van der Waals surface area (Å²) in [6, 6.07) is 3.10. The van der Waals surface area contributed by atoms with Crippen LogP contribution in [0.4, 0.5) is 5.69 Å². The third-order valence-electron chi connectivity index (χ3n) is 1.67. The van der Waals surface area contributed by atoms with Crippen LogP contribution in [-0.2, 0) is 6.54 Å². The molecule has 0 spiro atoms. The normalized spacial score (nSPS) is 12.8. The molecule has 72 valence electrons. The zero-order valence-corrected chi connectivity index (χ0v) is 7.05. The molecule has 0 bridgehead atoms. The standard InChI is InChI=1S/C8H12N2O3/c9-7-2-1-3-10(8(7)13)4-6(12)5-11/h1-3,6,11-12H,4-5,9H2. The van der Waals surface area contributed by atoms with Crippen LogP contribution < -0.4 is 11.3 Å². The molecule has 0 saturated heterocycles. The number of aliphatic hydroxyl groups excluding tert-OH is 2. The van der Waals surface area contributed by atoms with E-state index in [1.165, 1.54) is 16.8 Å². The van der Waals surface area contributed by atoms with Gasteiger partial charge in [-0.1, -0.05) is 0 Å². The van der Waals surface area contributed by atoms with Crippen molar-refractivity contribution in [1.82, 2.24) is 4.57 Å². The Morgan fingerprint density at radius 1 is 1.62 bits per heavy atom. The second-order valence-corrected chi connectivity index (χ2v) is 2.76. The van der Waals surface area contributed by atoms with Gasteiger partial charge in [0.1, 0.15) is 0 Å². The van der Waals surface area contributed by atoms with Gasteiger partial charge in [-0.3, -0.25) is 4.79 Å². The Hall–Kier alpha value is -1.33. The highest BCUT2D eigenvalue weighted by Gasteiger charge is 2.05. The van der Waals surface area contributed by atoms with Gasteiger partial charge in [-0.05, 0) is 12.1 Å². The second-order valence-electron chi connectivity index (χ2n) is 2.76. The quantitative estimate of drug-likeness (QED) is 0.549. The SMILES string of the molecule is Nc1cccn(CC(O)CO)c1=O. The average Bonchev–Trinajstić information content (AvgIpc) is 2.13. The molecule has 1 aromatic heterocycles. The van der Waals surface area contributed by atoms with Crippen LogP contribution in [0.25, 0.3) is 0 Å². The average molecular weight is 184 g/mol. The topological polar surface area (TPSA) is 88.5 Å². The smallest absolute Gasteiger partial charge is 0.273 e. The number of pyridine rings is 1. The number of nitrogens with zero attached hydrogens (tertiary/aromatic N) is 1. The molecule has 5 nitrogen and oxygen atoms in total. The van der Waals surface area contributed by atoms with E-state index < -0.39 is 6.10 Å². The minimum Gasteiger partial charge on any atom is -0.394 e. The number of anilines is 1. The first kappa shape index (κ1) is 9.76. The summed E-state index contributed by atoms with van der Waals surface area (Å²) in [5, 5.41) is 17.6. The van der Waals surface area contributed by atoms with E-state index in [0.29, 0.717) is 0 Å². The first-order valence-electron chi connectivity index (χ1n) is 3.89. The Bertz CT molecular complexity index is 334. The van der Waals surface area contributed by atoms with E-state index >= 15 is 0 Å². The summed E-state index contributed by atoms with van der Waals surface area (Å²) in [5.41, 5.74) is 5.14. The molecule has 1 aromatic rings. The number of aromatic nitrogens is 1. The maximum Gasteiger partial charge on any atom is 0.273 e. The number of rotatable bonds is 3. The number of aliphatic hydroxyl groups is 2. The summed E-state index contributed by atoms with van der Waals surface area (Å²) in [7, 11) is 0. The summed E-state index contributed by atoms with van der Waals surface area (Å²) in [5.74, 6) is 0. The fourth-order valence-corrected chi connectivity index (χ4v) is 0.984. The van der Waals surface area contributed by atoms with Crippen LogP contribution in [0, 0.1) is 0 Å². The van der Waals surface area contributed by atoms with Crippen LogP contribution in [0.5, 0.6) is 0 Å². The number of nitrogen functional groups attached to an aromatic ring is 1. The van der Waals surface area contributed by atoms with E-state index in [-0.39, 0.29) is 24.4 Å². The minimum absolute atomic E-state index is 0.0559. The summed E-state index contributed by atoms with van der Waals surface area (Å²) in [6.45, 7) is -0.318. The Labute approximate surface area is 75.0 Å². The molecule has 1 heterocycles. The molecule has 0 radical (unpaired) electrons. The van der Waals surface area contributed by atoms with Gasteiger partial charge in [0.05, 0.1) is 24.9 Å². The van der Waals surface area contributed by atoms with Crippen molar-refractivity contribution < 1.29 is 10.2 Å². The van der Waals surface area contributed by atoms with E-state index in [2.05, 4.69) is 0 Å². The number of nitrogens with two attached hydrogens (primary N) is 1. The molecule has 0 aliphatic heterocycles. The number of hydrogen-bond donors (Lipinski definition) is 3. The van der Waals surface area contributed by atoms with Crippen LogP contribution in [0.3, 0.4) is 0 Å². The van der Waals surface area contributed by atoms with Gasteiger partial charge < -0.3 is 20.5 Å². The van der Waals surface area contributed by atoms with E-state index in [1.54, 1.807) is 6.07 Å². The highest BCUT2D eigenvalue weighted by atomic mass is 16.3. The lowest BCUT2D eigenvalue weighted by Gasteiger charge is -2.09. The van der Waals surface area contributed by atoms with Gasteiger partial charge in [-0.2, -0.15) is 0 Å². The van der Waals surface area contributed by atoms with Crippen molar-refractivity contribution in [2.24, 2.45) is 0 Å². The predicted molar refractivity (Wildman–Crippen MR) is 48.2 cm³/mol. The van der Waals surface area contributed by atoms with Crippen molar-refractivity contribution >= 4 is 5.69 Å². The van der Waals surface area contributed by atoms with Crippen molar-refractivity contribution in [2.75, 3.05) is 12.3 Å². The number of hydrogen-bond acceptors (Lipinski definition) is 4. The molecule has 1 unspecified atom stereocenters. The molecule has 0 aliphatic carbocycles. The summed E-state index contributed by atoms with van der Waals surface area (Å²) in [4.78, 5) is 11.3. The molecule has 0 saturated carbocycles. The predicted octanol–water partition coefficient (Wildman–Crippen LogP) is -1.22. The van der Waals surface area contributed by atoms with Gasteiger partial charge in [0, 0.05) is 6.20 Å². The van der Waals surface area contributed by atoms with Crippen LogP contribution in [0.1, 0.15) is 0 Å². The van der Waals surface area contributed by atoms with Crippen molar-refractivity contribution in [3.8, 4) is 0 Å². The maximum absolute atomic E-state index is 11.3. The van der Waals surface area contributed by atoms with Crippen LogP contribution in [0.15, 0.2) is 23.1 Å². The van der Waals surface area contributed by atoms with E-state index in [4.69, 9.17) is 15.9 Å². The van der Waals surface area contributed by atoms with Crippen molar-refractivity contribution in [1.29, 1.82) is 0 Å². The van der Waals surface area contributed by atoms with Gasteiger partial charge in [0.2, 0.25) is 0 Å². The molecule has 0 aliphatic rings. The Kier molecular flexibility index (Phi) is 3.05. The van der Waals surface area contributed by atoms with E-state index in [1.807, 2.05) is 0 Å². The molecule has 1 rings (SSSR count). The van der Waals surface area contributed by atoms with Gasteiger partial charge in [-0.25, -0.2) is 0 Å². The zero-order valence-electron chi connectivity index (χ0n) is 7.05. The highest BCUT2D eigenvalue weighted by molar-refractivity contribution is 5.33. The molecule has 0 fully saturated rings. The molecular weight excluding hydrogens is 172 g/mol. The van der Waals surface area contributed by atoms with Gasteiger partial charge in [-0.15, -0.1) is 0 Å². The van der Waals surface area contributed by atoms with Gasteiger partial charge in [0.25, 0.3) is 5.56 Å². The first-order valence-corrected chi connectivity index (χ1v) is 3.89. The minimum atomic E-state index is -0.931. The fourth-order valence-electron chi connectivity index (χ4n) is 0.984. The maximum atomic E-state index is 11.3. The largest absolute Gasteiger partial charge is 0.394 e. The lowest BCUT2D eigenvalue weighted by atomic mass is 10.3. The molecule has 1 atom stereocenters. The molecular formula is C8H12N2O3. The van der Waals surface area contributed by atoms with Crippen molar-refractivity contribution in [3.63, 3.8) is 0 Å². The van der Waals surface area contributed by atoms with Gasteiger partial charge in [0.15, 0.2) is 0 Å². The molecule has 0 aromatic carbocycles. The third-order valence-corrected chi connectivity index (χ3v) is 1.67. The Morgan fingerprint density at radius 3 is 2.92 bits per heavy atom. The van der Waals surface area contributed by atoms with E-state index in [0.717, 1.165) is 0 Å². The van der Waals surface area contributed by atoms with E-state index in [9.17, 15) is 4.79 Å². The summed E-state index contributed by atoms with van der Waals surface area (Å²) < 4.78 is 1.26. The highest BCUT2D eigenvalue weighted by Crippen LogP contribution is 1.93. The zero-order chi connectivity index (χ0) is 9.84. The molecule has 5 heteroatoms. The Morgan fingerprint density at radius 2 is 2.31 bits per heavy atom. The van der Waals surface area contributed by atoms with Crippen molar-refractivity contribution in [2.45, 2.75) is 12.6 Å². The van der Waals surface area contributed by atoms with Gasteiger partial charge >= 0.3 is 0 Å².